The van der Waals surface area contributed by atoms with E-state index in [2.05, 4.69) is 20.7 Å². The molecule has 0 aliphatic rings. The van der Waals surface area contributed by atoms with Crippen LogP contribution in [0.5, 0.6) is 0 Å². The number of benzene rings is 1. The number of carbonyl (C=O) groups excluding carboxylic acids is 1. The molecule has 0 saturated heterocycles. The number of hydrogen-bond acceptors (Lipinski definition) is 2. The summed E-state index contributed by atoms with van der Waals surface area (Å²) in [5.41, 5.74) is -1.28. The van der Waals surface area contributed by atoms with Gasteiger partial charge in [-0.25, -0.2) is 4.79 Å². The first kappa shape index (κ1) is 14.3. The zero-order chi connectivity index (χ0) is 13.2. The second-order valence-electron chi connectivity index (χ2n) is 3.00. The highest BCUT2D eigenvalue weighted by atomic mass is 79.9. The number of halogens is 5. The van der Waals surface area contributed by atoms with Crippen LogP contribution >= 0.6 is 27.5 Å². The molecule has 0 heterocycles. The Hall–Kier alpha value is -0.750. The van der Waals surface area contributed by atoms with Crippen LogP contribution in [0.1, 0.15) is 22.8 Å². The molecule has 1 rings (SSSR count). The SMILES string of the molecule is CCOC(=O)c1ccc(Cl)c(C(F)(F)F)c1Br. The molecule has 0 radical (unpaired) electrons. The van der Waals surface area contributed by atoms with Crippen molar-refractivity contribution in [2.75, 3.05) is 6.61 Å². The molecule has 2 nitrogen and oxygen atoms in total. The zero-order valence-corrected chi connectivity index (χ0v) is 10.9. The molecule has 0 N–H and O–H groups in total. The van der Waals surface area contributed by atoms with Gasteiger partial charge in [-0.1, -0.05) is 11.6 Å². The number of alkyl halides is 3. The maximum absolute atomic E-state index is 12.7. The van der Waals surface area contributed by atoms with Gasteiger partial charge in [-0.2, -0.15) is 13.2 Å². The summed E-state index contributed by atoms with van der Waals surface area (Å²) >= 11 is 8.20. The topological polar surface area (TPSA) is 26.3 Å². The van der Waals surface area contributed by atoms with Gasteiger partial charge >= 0.3 is 12.1 Å². The van der Waals surface area contributed by atoms with Gasteiger partial charge in [0.25, 0.3) is 0 Å². The lowest BCUT2D eigenvalue weighted by atomic mass is 10.1. The van der Waals surface area contributed by atoms with Gasteiger partial charge < -0.3 is 4.74 Å². The molecule has 7 heteroatoms. The summed E-state index contributed by atoms with van der Waals surface area (Å²) in [6.45, 7) is 1.64. The molecule has 0 unspecified atom stereocenters. The molecule has 0 atom stereocenters. The Morgan fingerprint density at radius 1 is 1.47 bits per heavy atom. The van der Waals surface area contributed by atoms with Gasteiger partial charge in [0.1, 0.15) is 0 Å². The minimum Gasteiger partial charge on any atom is -0.462 e. The van der Waals surface area contributed by atoms with E-state index >= 15 is 0 Å². The summed E-state index contributed by atoms with van der Waals surface area (Å²) in [6.07, 6.45) is -4.64. The minimum absolute atomic E-state index is 0.0786. The summed E-state index contributed by atoms with van der Waals surface area (Å²) in [7, 11) is 0. The molecule has 0 aromatic heterocycles. The van der Waals surface area contributed by atoms with Gasteiger partial charge in [-0.3, -0.25) is 0 Å². The van der Waals surface area contributed by atoms with E-state index in [0.29, 0.717) is 0 Å². The summed E-state index contributed by atoms with van der Waals surface area (Å²) in [5.74, 6) is -0.832. The Labute approximate surface area is 109 Å². The average Bonchev–Trinajstić information content (AvgIpc) is 2.15. The lowest BCUT2D eigenvalue weighted by Gasteiger charge is -2.13. The van der Waals surface area contributed by atoms with Crippen molar-refractivity contribution in [3.05, 3.63) is 32.8 Å². The molecule has 1 aromatic carbocycles. The van der Waals surface area contributed by atoms with Crippen LogP contribution in [0.2, 0.25) is 5.02 Å². The Morgan fingerprint density at radius 2 is 2.06 bits per heavy atom. The van der Waals surface area contributed by atoms with Crippen LogP contribution in [-0.2, 0) is 10.9 Å². The van der Waals surface area contributed by atoms with Gasteiger partial charge in [0, 0.05) is 4.47 Å². The third-order valence-electron chi connectivity index (χ3n) is 1.87. The average molecular weight is 332 g/mol. The number of rotatable bonds is 2. The second-order valence-corrected chi connectivity index (χ2v) is 4.20. The number of hydrogen-bond donors (Lipinski definition) is 0. The van der Waals surface area contributed by atoms with Crippen molar-refractivity contribution in [3.63, 3.8) is 0 Å². The van der Waals surface area contributed by atoms with Crippen LogP contribution in [0.25, 0.3) is 0 Å². The summed E-state index contributed by atoms with van der Waals surface area (Å²) in [6, 6.07) is 2.20. The van der Waals surface area contributed by atoms with Crippen LogP contribution in [0, 0.1) is 0 Å². The number of carbonyl (C=O) groups is 1. The smallest absolute Gasteiger partial charge is 0.418 e. The first-order valence-corrected chi connectivity index (χ1v) is 5.68. The summed E-state index contributed by atoms with van der Waals surface area (Å²) in [5, 5.41) is -0.475. The van der Waals surface area contributed by atoms with Crippen molar-refractivity contribution in [1.29, 1.82) is 0 Å². The van der Waals surface area contributed by atoms with Crippen LogP contribution in [0.15, 0.2) is 16.6 Å². The van der Waals surface area contributed by atoms with Gasteiger partial charge in [0.15, 0.2) is 0 Å². The second kappa shape index (κ2) is 5.27. The quantitative estimate of drug-likeness (QED) is 0.755. The molecule has 0 fully saturated rings. The van der Waals surface area contributed by atoms with Crippen LogP contribution < -0.4 is 0 Å². The fourth-order valence-corrected chi connectivity index (χ4v) is 2.29. The van der Waals surface area contributed by atoms with Crippen LogP contribution in [-0.4, -0.2) is 12.6 Å². The van der Waals surface area contributed by atoms with E-state index < -0.39 is 27.2 Å². The lowest BCUT2D eigenvalue weighted by Crippen LogP contribution is -2.12. The molecular formula is C10H7BrClF3O2. The van der Waals surface area contributed by atoms with Crippen molar-refractivity contribution >= 4 is 33.5 Å². The molecule has 0 amide bonds. The largest absolute Gasteiger partial charge is 0.462 e. The Morgan fingerprint density at radius 3 is 2.53 bits per heavy atom. The predicted octanol–water partition coefficient (Wildman–Crippen LogP) is 4.30. The van der Waals surface area contributed by atoms with Crippen molar-refractivity contribution in [2.45, 2.75) is 13.1 Å². The van der Waals surface area contributed by atoms with E-state index in [1.807, 2.05) is 0 Å². The van der Waals surface area contributed by atoms with E-state index in [-0.39, 0.29) is 12.2 Å². The normalized spacial score (nSPS) is 11.4. The molecule has 0 aliphatic heterocycles. The van der Waals surface area contributed by atoms with Crippen LogP contribution in [0.4, 0.5) is 13.2 Å². The van der Waals surface area contributed by atoms with E-state index in [4.69, 9.17) is 11.6 Å². The van der Waals surface area contributed by atoms with E-state index in [0.717, 1.165) is 6.07 Å². The van der Waals surface area contributed by atoms with Crippen molar-refractivity contribution in [1.82, 2.24) is 0 Å². The summed E-state index contributed by atoms with van der Waals surface area (Å²) < 4.78 is 42.2. The van der Waals surface area contributed by atoms with E-state index in [1.54, 1.807) is 6.92 Å². The molecular weight excluding hydrogens is 324 g/mol. The fourth-order valence-electron chi connectivity index (χ4n) is 1.18. The third-order valence-corrected chi connectivity index (χ3v) is 3.01. The molecule has 94 valence electrons. The van der Waals surface area contributed by atoms with E-state index in [9.17, 15) is 18.0 Å². The number of esters is 1. The first-order valence-electron chi connectivity index (χ1n) is 4.51. The van der Waals surface area contributed by atoms with Crippen LogP contribution in [0.3, 0.4) is 0 Å². The van der Waals surface area contributed by atoms with Crippen molar-refractivity contribution < 1.29 is 22.7 Å². The molecule has 0 spiro atoms. The Kier molecular flexibility index (Phi) is 4.43. The van der Waals surface area contributed by atoms with Gasteiger partial charge in [0.2, 0.25) is 0 Å². The number of ether oxygens (including phenoxy) is 1. The Bertz CT molecular complexity index is 446. The predicted molar refractivity (Wildman–Crippen MR) is 60.1 cm³/mol. The maximum atomic E-state index is 12.7. The van der Waals surface area contributed by atoms with E-state index in [1.165, 1.54) is 6.07 Å². The van der Waals surface area contributed by atoms with Gasteiger partial charge in [0.05, 0.1) is 22.8 Å². The first-order chi connectivity index (χ1) is 7.79. The van der Waals surface area contributed by atoms with Crippen molar-refractivity contribution in [3.8, 4) is 0 Å². The molecule has 0 bridgehead atoms. The Balaban J connectivity index is 3.34. The summed E-state index contributed by atoms with van der Waals surface area (Å²) in [4.78, 5) is 11.4. The maximum Gasteiger partial charge on any atom is 0.418 e. The standard InChI is InChI=1S/C10H7BrClF3O2/c1-2-17-9(16)5-3-4-6(12)7(8(5)11)10(13,14)15/h3-4H,2H2,1H3. The highest BCUT2D eigenvalue weighted by molar-refractivity contribution is 9.10. The highest BCUT2D eigenvalue weighted by Crippen LogP contribution is 2.41. The molecule has 17 heavy (non-hydrogen) atoms. The monoisotopic (exact) mass is 330 g/mol. The zero-order valence-electron chi connectivity index (χ0n) is 8.57. The fraction of sp³-hybridized carbons (Fsp3) is 0.300. The molecule has 0 saturated carbocycles. The van der Waals surface area contributed by atoms with Crippen molar-refractivity contribution in [2.24, 2.45) is 0 Å². The van der Waals surface area contributed by atoms with Gasteiger partial charge in [-0.05, 0) is 35.0 Å². The van der Waals surface area contributed by atoms with Gasteiger partial charge in [-0.15, -0.1) is 0 Å². The minimum atomic E-state index is -4.64. The molecule has 1 aromatic rings. The molecule has 0 aliphatic carbocycles. The highest BCUT2D eigenvalue weighted by Gasteiger charge is 2.37. The lowest BCUT2D eigenvalue weighted by molar-refractivity contribution is -0.138. The third kappa shape index (κ3) is 3.13.